The summed E-state index contributed by atoms with van der Waals surface area (Å²) in [6.07, 6.45) is -2.13. The number of nitrogens with one attached hydrogen (secondary N) is 1. The van der Waals surface area contributed by atoms with Gasteiger partial charge in [-0.3, -0.25) is 9.69 Å². The Morgan fingerprint density at radius 1 is 1.00 bits per heavy atom. The van der Waals surface area contributed by atoms with Crippen LogP contribution in [0.15, 0.2) is 95.9 Å². The summed E-state index contributed by atoms with van der Waals surface area (Å²) in [7, 11) is -4.36. The first-order chi connectivity index (χ1) is 22.5. The third kappa shape index (κ3) is 7.46. The summed E-state index contributed by atoms with van der Waals surface area (Å²) in [5.74, 6) is -5.15. The van der Waals surface area contributed by atoms with Crippen molar-refractivity contribution in [2.45, 2.75) is 61.7 Å². The molecule has 0 bridgehead atoms. The highest BCUT2D eigenvalue weighted by Crippen LogP contribution is 2.48. The Bertz CT molecular complexity index is 1930. The number of anilines is 1. The van der Waals surface area contributed by atoms with Crippen LogP contribution in [0.3, 0.4) is 0 Å². The molecule has 1 amide bonds. The van der Waals surface area contributed by atoms with Gasteiger partial charge in [-0.05, 0) is 62.4 Å². The highest BCUT2D eigenvalue weighted by molar-refractivity contribution is 7.89. The van der Waals surface area contributed by atoms with Crippen molar-refractivity contribution in [3.8, 4) is 0 Å². The molecular weight excluding hydrogens is 666 g/mol. The fourth-order valence-electron chi connectivity index (χ4n) is 5.52. The lowest BCUT2D eigenvalue weighted by Gasteiger charge is -2.35. The molecule has 1 aliphatic heterocycles. The number of fused-ring (bicyclic) bond motifs is 2. The van der Waals surface area contributed by atoms with Crippen LogP contribution >= 0.6 is 11.6 Å². The lowest BCUT2D eigenvalue weighted by Crippen LogP contribution is -2.51. The molecule has 0 spiro atoms. The van der Waals surface area contributed by atoms with Gasteiger partial charge in [0.25, 0.3) is 5.92 Å². The topological polar surface area (TPSA) is 122 Å². The quantitative estimate of drug-likeness (QED) is 0.199. The average molecular weight is 701 g/mol. The second kappa shape index (κ2) is 13.4. The van der Waals surface area contributed by atoms with Gasteiger partial charge in [0.15, 0.2) is 5.60 Å². The highest BCUT2D eigenvalue weighted by atomic mass is 35.5. The Labute approximate surface area is 282 Å². The summed E-state index contributed by atoms with van der Waals surface area (Å²) in [4.78, 5) is 27.7. The van der Waals surface area contributed by atoms with E-state index in [1.54, 1.807) is 87.5 Å². The first-order valence-corrected chi connectivity index (χ1v) is 17.0. The highest BCUT2D eigenvalue weighted by Gasteiger charge is 2.58. The summed E-state index contributed by atoms with van der Waals surface area (Å²) < 4.78 is 72.6. The minimum absolute atomic E-state index is 0.0230. The van der Waals surface area contributed by atoms with Crippen LogP contribution < -0.4 is 9.62 Å². The van der Waals surface area contributed by atoms with Gasteiger partial charge in [-0.1, -0.05) is 78.3 Å². The summed E-state index contributed by atoms with van der Waals surface area (Å²) >= 11 is 6.18. The minimum atomic E-state index is -4.36. The van der Waals surface area contributed by atoms with E-state index in [0.29, 0.717) is 16.3 Å². The second-order valence-corrected chi connectivity index (χ2v) is 14.7. The number of hydrogen-bond donors (Lipinski definition) is 2. The molecule has 0 unspecified atom stereocenters. The van der Waals surface area contributed by atoms with Gasteiger partial charge in [-0.15, -0.1) is 0 Å². The number of sulfonamides is 1. The van der Waals surface area contributed by atoms with E-state index in [1.165, 1.54) is 18.2 Å². The van der Waals surface area contributed by atoms with E-state index in [1.807, 2.05) is 0 Å². The largest absolute Gasteiger partial charge is 0.461 e. The van der Waals surface area contributed by atoms with Crippen molar-refractivity contribution in [2.75, 3.05) is 18.1 Å². The molecule has 0 aromatic heterocycles. The normalized spacial score (nSPS) is 18.4. The summed E-state index contributed by atoms with van der Waals surface area (Å²) in [5, 5.41) is 12.8. The molecule has 9 nitrogen and oxygen atoms in total. The maximum Gasteiger partial charge on any atom is 0.414 e. The maximum atomic E-state index is 16.0. The van der Waals surface area contributed by atoms with Crippen molar-refractivity contribution in [1.29, 1.82) is 0 Å². The molecule has 1 heterocycles. The molecule has 5 rings (SSSR count). The number of halogens is 3. The zero-order chi connectivity index (χ0) is 34.9. The van der Waals surface area contributed by atoms with E-state index in [2.05, 4.69) is 4.72 Å². The Morgan fingerprint density at radius 2 is 1.67 bits per heavy atom. The monoisotopic (exact) mass is 700 g/mol. The van der Waals surface area contributed by atoms with E-state index in [4.69, 9.17) is 21.1 Å². The molecule has 2 N–H and O–H groups in total. The van der Waals surface area contributed by atoms with E-state index >= 15 is 8.78 Å². The van der Waals surface area contributed by atoms with E-state index in [0.717, 1.165) is 11.0 Å². The number of ether oxygens (including phenoxy) is 2. The first kappa shape index (κ1) is 35.2. The van der Waals surface area contributed by atoms with Gasteiger partial charge >= 0.3 is 12.1 Å². The van der Waals surface area contributed by atoms with Crippen LogP contribution in [0.4, 0.5) is 19.3 Å². The Hall–Kier alpha value is -4.10. The number of carbonyl (C=O) groups excluding carboxylic acids is 2. The maximum absolute atomic E-state index is 16.0. The molecule has 4 aromatic carbocycles. The zero-order valence-corrected chi connectivity index (χ0v) is 28.0. The van der Waals surface area contributed by atoms with E-state index < -0.39 is 70.4 Å². The molecule has 0 radical (unpaired) electrons. The lowest BCUT2D eigenvalue weighted by molar-refractivity contribution is -0.214. The Balaban J connectivity index is 1.48. The number of amides is 1. The van der Waals surface area contributed by atoms with Crippen LogP contribution in [-0.2, 0) is 36.3 Å². The molecule has 1 aliphatic rings. The molecule has 254 valence electrons. The number of hydrogen-bond acceptors (Lipinski definition) is 7. The molecule has 0 aliphatic carbocycles. The van der Waals surface area contributed by atoms with Crippen LogP contribution in [0, 0.1) is 0 Å². The van der Waals surface area contributed by atoms with E-state index in [9.17, 15) is 23.1 Å². The van der Waals surface area contributed by atoms with Crippen molar-refractivity contribution in [3.05, 3.63) is 107 Å². The molecule has 0 fully saturated rings. The van der Waals surface area contributed by atoms with Gasteiger partial charge in [0.2, 0.25) is 10.0 Å². The fourth-order valence-corrected chi connectivity index (χ4v) is 7.11. The molecule has 2 atom stereocenters. The lowest BCUT2D eigenvalue weighted by atomic mass is 9.86. The first-order valence-electron chi connectivity index (χ1n) is 15.1. The van der Waals surface area contributed by atoms with Gasteiger partial charge in [0, 0.05) is 28.9 Å². The van der Waals surface area contributed by atoms with Crippen molar-refractivity contribution in [1.82, 2.24) is 4.72 Å². The zero-order valence-electron chi connectivity index (χ0n) is 26.5. The van der Waals surface area contributed by atoms with Crippen LogP contribution in [-0.4, -0.2) is 56.3 Å². The predicted molar refractivity (Wildman–Crippen MR) is 178 cm³/mol. The number of nitrogens with zero attached hydrogens (tertiary/aromatic N) is 1. The fraction of sp³-hybridized carbons (Fsp3) is 0.314. The number of alkyl halides is 2. The number of esters is 1. The number of aliphatic hydroxyl groups is 1. The van der Waals surface area contributed by atoms with Gasteiger partial charge < -0.3 is 14.6 Å². The van der Waals surface area contributed by atoms with Crippen LogP contribution in [0.25, 0.3) is 10.8 Å². The molecule has 0 saturated carbocycles. The molecule has 0 saturated heterocycles. The SMILES string of the molecule is CC(C)(C)OC(=O)N1CCC(F)(F)[C@@](O)(COC(=O)[C@H](Cc2ccccc2)NS(=O)(=O)c2cccc3ccccc23)c2cc(Cl)ccc21. The van der Waals surface area contributed by atoms with Crippen LogP contribution in [0.2, 0.25) is 5.02 Å². The van der Waals surface area contributed by atoms with Gasteiger partial charge in [0.05, 0.1) is 10.6 Å². The molecule has 4 aromatic rings. The molecule has 13 heteroatoms. The predicted octanol–water partition coefficient (Wildman–Crippen LogP) is 6.59. The summed E-state index contributed by atoms with van der Waals surface area (Å²) in [5.41, 5.74) is -4.12. The van der Waals surface area contributed by atoms with Crippen molar-refractivity contribution >= 4 is 50.1 Å². The van der Waals surface area contributed by atoms with Gasteiger partial charge in [-0.25, -0.2) is 22.0 Å². The van der Waals surface area contributed by atoms with Crippen LogP contribution in [0.1, 0.15) is 38.3 Å². The number of benzene rings is 4. The number of rotatable bonds is 8. The Morgan fingerprint density at radius 3 is 2.38 bits per heavy atom. The molecular formula is C35H35ClF2N2O7S. The van der Waals surface area contributed by atoms with Crippen molar-refractivity contribution in [2.24, 2.45) is 0 Å². The number of carbonyl (C=O) groups is 2. The van der Waals surface area contributed by atoms with Gasteiger partial charge in [0.1, 0.15) is 18.2 Å². The standard InChI is InChI=1S/C35H35ClF2N2O7S/c1-33(2,3)47-32(42)40-19-18-35(37,38)34(43,27-21-25(36)16-17-29(27)40)22-46-31(41)28(20-23-10-5-4-6-11-23)39-48(44,45)30-15-9-13-24-12-7-8-14-26(24)30/h4-17,21,28,39,43H,18-20,22H2,1-3H3/t28-,34+/m0/s1. The Kier molecular flexibility index (Phi) is 9.85. The average Bonchev–Trinajstić information content (AvgIpc) is 3.10. The summed E-state index contributed by atoms with van der Waals surface area (Å²) in [6.45, 7) is 3.05. The molecule has 48 heavy (non-hydrogen) atoms. The third-order valence-electron chi connectivity index (χ3n) is 7.89. The second-order valence-electron chi connectivity index (χ2n) is 12.6. The van der Waals surface area contributed by atoms with Crippen molar-refractivity contribution < 1.29 is 41.4 Å². The minimum Gasteiger partial charge on any atom is -0.461 e. The third-order valence-corrected chi connectivity index (χ3v) is 9.66. The van der Waals surface area contributed by atoms with Crippen molar-refractivity contribution in [3.63, 3.8) is 0 Å². The summed E-state index contributed by atoms with van der Waals surface area (Å²) in [6, 6.07) is 22.1. The van der Waals surface area contributed by atoms with Gasteiger partial charge in [-0.2, -0.15) is 4.72 Å². The van der Waals surface area contributed by atoms with Crippen LogP contribution in [0.5, 0.6) is 0 Å². The smallest absolute Gasteiger partial charge is 0.414 e. The van der Waals surface area contributed by atoms with E-state index in [-0.39, 0.29) is 22.0 Å².